The van der Waals surface area contributed by atoms with Crippen LogP contribution in [0.4, 0.5) is 17.6 Å². The van der Waals surface area contributed by atoms with Gasteiger partial charge in [-0.3, -0.25) is 0 Å². The zero-order valence-corrected chi connectivity index (χ0v) is 16.2. The van der Waals surface area contributed by atoms with E-state index < -0.39 is 23.9 Å². The Bertz CT molecular complexity index is 955. The van der Waals surface area contributed by atoms with Gasteiger partial charge in [0.1, 0.15) is 13.1 Å². The molecule has 10 heteroatoms. The van der Waals surface area contributed by atoms with Crippen molar-refractivity contribution in [3.63, 3.8) is 0 Å². The summed E-state index contributed by atoms with van der Waals surface area (Å²) in [6.07, 6.45) is -5.38. The number of halogens is 6. The molecule has 0 spiro atoms. The fourth-order valence-corrected chi connectivity index (χ4v) is 4.11. The summed E-state index contributed by atoms with van der Waals surface area (Å²) in [6.45, 7) is -0.383. The average Bonchev–Trinajstić information content (AvgIpc) is 3.06. The number of quaternary nitrogens is 1. The minimum absolute atomic E-state index is 0.0424. The number of benzene rings is 2. The molecule has 1 atom stereocenters. The van der Waals surface area contributed by atoms with Crippen molar-refractivity contribution < 1.29 is 27.5 Å². The molecule has 0 aliphatic carbocycles. The highest BCUT2D eigenvalue weighted by Crippen LogP contribution is 2.49. The van der Waals surface area contributed by atoms with E-state index in [1.807, 2.05) is 0 Å². The Labute approximate surface area is 173 Å². The first-order valence-electron chi connectivity index (χ1n) is 8.62. The van der Waals surface area contributed by atoms with Crippen molar-refractivity contribution in [1.29, 1.82) is 0 Å². The van der Waals surface area contributed by atoms with Crippen molar-refractivity contribution in [3.05, 3.63) is 74.4 Å². The van der Waals surface area contributed by atoms with Crippen molar-refractivity contribution in [2.24, 2.45) is 5.16 Å². The Morgan fingerprint density at radius 3 is 2.10 bits per heavy atom. The van der Waals surface area contributed by atoms with Crippen LogP contribution >= 0.6 is 23.2 Å². The molecule has 1 unspecified atom stereocenters. The van der Waals surface area contributed by atoms with E-state index in [0.29, 0.717) is 11.1 Å². The van der Waals surface area contributed by atoms with Gasteiger partial charge in [0.25, 0.3) is 5.60 Å². The van der Waals surface area contributed by atoms with Crippen molar-refractivity contribution in [3.8, 4) is 0 Å². The van der Waals surface area contributed by atoms with E-state index in [9.17, 15) is 22.8 Å². The number of rotatable bonds is 3. The van der Waals surface area contributed by atoms with Gasteiger partial charge in [-0.05, 0) is 23.8 Å². The molecule has 2 aliphatic heterocycles. The van der Waals surface area contributed by atoms with Gasteiger partial charge in [0.05, 0.1) is 5.71 Å². The molecule has 0 amide bonds. The third-order valence-corrected chi connectivity index (χ3v) is 5.64. The zero-order valence-electron chi connectivity index (χ0n) is 14.7. The van der Waals surface area contributed by atoms with Crippen molar-refractivity contribution >= 4 is 28.9 Å². The molecule has 2 aliphatic rings. The molecule has 0 radical (unpaired) electrons. The normalized spacial score (nSPS) is 29.2. The number of hydrogen-bond acceptors (Lipinski definition) is 3. The topological polar surface area (TPSA) is 49.1 Å². The molecule has 4 nitrogen and oxygen atoms in total. The van der Waals surface area contributed by atoms with Crippen LogP contribution in [0.2, 0.25) is 10.0 Å². The SMILES string of the molecule is [O-][NH+]1CC(F)(c2ccc(C3=NOC(c4cc(Cl)cc(Cl)c4)(C(F)(F)F)C3)cc2)C1. The Kier molecular flexibility index (Phi) is 4.81. The Morgan fingerprint density at radius 2 is 1.59 bits per heavy atom. The van der Waals surface area contributed by atoms with Crippen LogP contribution in [0.1, 0.15) is 23.1 Å². The molecule has 0 bridgehead atoms. The summed E-state index contributed by atoms with van der Waals surface area (Å²) in [5, 5.41) is 14.7. The number of hydroxylamine groups is 2. The third kappa shape index (κ3) is 3.48. The van der Waals surface area contributed by atoms with E-state index in [-0.39, 0.29) is 39.5 Å². The minimum Gasteiger partial charge on any atom is -0.634 e. The number of nitrogens with zero attached hydrogens (tertiary/aromatic N) is 1. The van der Waals surface area contributed by atoms with Gasteiger partial charge in [-0.2, -0.15) is 13.2 Å². The molecule has 154 valence electrons. The van der Waals surface area contributed by atoms with Gasteiger partial charge in [0, 0.05) is 27.6 Å². The summed E-state index contributed by atoms with van der Waals surface area (Å²) in [5.74, 6) is 0. The highest BCUT2D eigenvalue weighted by Gasteiger charge is 2.62. The fraction of sp³-hybridized carbons (Fsp3) is 0.316. The molecule has 1 saturated heterocycles. The Balaban J connectivity index is 1.63. The van der Waals surface area contributed by atoms with Gasteiger partial charge in [0.2, 0.25) is 5.67 Å². The van der Waals surface area contributed by atoms with Gasteiger partial charge >= 0.3 is 6.18 Å². The zero-order chi connectivity index (χ0) is 21.0. The predicted octanol–water partition coefficient (Wildman–Crippen LogP) is 4.14. The molecule has 1 fully saturated rings. The number of oxime groups is 1. The smallest absolute Gasteiger partial charge is 0.435 e. The van der Waals surface area contributed by atoms with Gasteiger partial charge < -0.3 is 15.1 Å². The number of nitrogens with one attached hydrogen (secondary N) is 1. The maximum atomic E-state index is 14.5. The van der Waals surface area contributed by atoms with Gasteiger partial charge in [-0.25, -0.2) is 4.39 Å². The molecule has 2 aromatic rings. The highest BCUT2D eigenvalue weighted by molar-refractivity contribution is 6.34. The molecule has 1 N–H and O–H groups in total. The molecular weight excluding hydrogens is 435 g/mol. The maximum Gasteiger partial charge on any atom is 0.435 e. The number of hydrogen-bond donors (Lipinski definition) is 1. The van der Waals surface area contributed by atoms with Crippen molar-refractivity contribution in [2.75, 3.05) is 13.1 Å². The van der Waals surface area contributed by atoms with E-state index in [1.54, 1.807) is 0 Å². The Morgan fingerprint density at radius 1 is 1.00 bits per heavy atom. The lowest BCUT2D eigenvalue weighted by Gasteiger charge is -2.43. The summed E-state index contributed by atoms with van der Waals surface area (Å²) >= 11 is 11.8. The number of alkyl halides is 4. The average molecular weight is 449 g/mol. The van der Waals surface area contributed by atoms with E-state index in [0.717, 1.165) is 12.1 Å². The van der Waals surface area contributed by atoms with E-state index in [1.165, 1.54) is 30.3 Å². The lowest BCUT2D eigenvalue weighted by atomic mass is 9.85. The summed E-state index contributed by atoms with van der Waals surface area (Å²) in [6, 6.07) is 9.45. The van der Waals surface area contributed by atoms with Gasteiger partial charge in [0.15, 0.2) is 0 Å². The van der Waals surface area contributed by atoms with Crippen molar-refractivity contribution in [2.45, 2.75) is 23.9 Å². The van der Waals surface area contributed by atoms with Crippen LogP contribution in [0.25, 0.3) is 0 Å². The van der Waals surface area contributed by atoms with Crippen LogP contribution in [0.3, 0.4) is 0 Å². The van der Waals surface area contributed by atoms with Crippen LogP contribution in [-0.2, 0) is 16.1 Å². The monoisotopic (exact) mass is 448 g/mol. The first-order chi connectivity index (χ1) is 13.5. The molecule has 2 heterocycles. The molecule has 0 saturated carbocycles. The second-order valence-corrected chi connectivity index (χ2v) is 8.10. The maximum absolute atomic E-state index is 14.5. The molecule has 4 rings (SSSR count). The third-order valence-electron chi connectivity index (χ3n) is 5.21. The lowest BCUT2D eigenvalue weighted by molar-refractivity contribution is -0.913. The highest BCUT2D eigenvalue weighted by atomic mass is 35.5. The van der Waals surface area contributed by atoms with E-state index in [4.69, 9.17) is 28.0 Å². The van der Waals surface area contributed by atoms with Crippen LogP contribution in [0.15, 0.2) is 47.6 Å². The van der Waals surface area contributed by atoms with Crippen LogP contribution in [0, 0.1) is 5.21 Å². The first kappa shape index (κ1) is 20.4. The fourth-order valence-electron chi connectivity index (χ4n) is 3.58. The minimum atomic E-state index is -4.79. The van der Waals surface area contributed by atoms with E-state index >= 15 is 0 Å². The molecular formula is C19H14Cl2F4N2O2. The second-order valence-electron chi connectivity index (χ2n) is 7.22. The first-order valence-corrected chi connectivity index (χ1v) is 9.38. The molecule has 29 heavy (non-hydrogen) atoms. The summed E-state index contributed by atoms with van der Waals surface area (Å²) in [7, 11) is 0. The Hall–Kier alpha value is -1.87. The van der Waals surface area contributed by atoms with E-state index in [2.05, 4.69) is 5.16 Å². The van der Waals surface area contributed by atoms with Crippen LogP contribution < -0.4 is 5.06 Å². The summed E-state index contributed by atoms with van der Waals surface area (Å²) in [4.78, 5) is 4.94. The van der Waals surface area contributed by atoms with Crippen LogP contribution in [-0.4, -0.2) is 25.0 Å². The van der Waals surface area contributed by atoms with Gasteiger partial charge in [-0.1, -0.05) is 52.6 Å². The van der Waals surface area contributed by atoms with Crippen molar-refractivity contribution in [1.82, 2.24) is 0 Å². The lowest BCUT2D eigenvalue weighted by Crippen LogP contribution is -3.18. The summed E-state index contributed by atoms with van der Waals surface area (Å²) < 4.78 is 56.5. The molecule has 0 aromatic heterocycles. The van der Waals surface area contributed by atoms with Gasteiger partial charge in [-0.15, -0.1) is 0 Å². The quantitative estimate of drug-likeness (QED) is 0.566. The summed E-state index contributed by atoms with van der Waals surface area (Å²) in [5.41, 5.74) is -3.96. The molecule has 2 aromatic carbocycles. The predicted molar refractivity (Wildman–Crippen MR) is 99.7 cm³/mol. The standard InChI is InChI=1S/C19H14Cl2F4N2O2/c20-14-5-13(6-15(21)7-14)18(19(23,24)25)8-16(26-29-18)11-1-3-12(4-2-11)17(22)9-27(28)10-17/h1-7,27H,8-10H2. The largest absolute Gasteiger partial charge is 0.634 e. The van der Waals surface area contributed by atoms with Crippen LogP contribution in [0.5, 0.6) is 0 Å². The second kappa shape index (κ2) is 6.84.